The minimum absolute atomic E-state index is 0.453. The molecule has 0 bridgehead atoms. The molecule has 1 atom stereocenters. The van der Waals surface area contributed by atoms with E-state index in [0.717, 1.165) is 0 Å². The van der Waals surface area contributed by atoms with Crippen LogP contribution in [0.2, 0.25) is 0 Å². The highest BCUT2D eigenvalue weighted by atomic mass is 14.2. The average Bonchev–Trinajstić information content (AvgIpc) is 1.90. The molecule has 9 heavy (non-hydrogen) atoms. The third-order valence-corrected chi connectivity index (χ3v) is 2.14. The lowest BCUT2D eigenvalue weighted by molar-refractivity contribution is 0.413. The Bertz CT molecular complexity index is 142. The highest BCUT2D eigenvalue weighted by Crippen LogP contribution is 2.29. The first-order chi connectivity index (χ1) is 4.27. The van der Waals surface area contributed by atoms with Crippen molar-refractivity contribution in [3.8, 4) is 0 Å². The van der Waals surface area contributed by atoms with Gasteiger partial charge in [-0.15, -0.1) is 0 Å². The van der Waals surface area contributed by atoms with E-state index < -0.39 is 0 Å². The molecular weight excluding hydrogens is 108 g/mol. The van der Waals surface area contributed by atoms with Gasteiger partial charge < -0.3 is 0 Å². The van der Waals surface area contributed by atoms with Crippen LogP contribution < -0.4 is 0 Å². The van der Waals surface area contributed by atoms with Gasteiger partial charge in [-0.05, 0) is 18.3 Å². The largest absolute Gasteiger partial charge is 0.0837 e. The second kappa shape index (κ2) is 2.38. The van der Waals surface area contributed by atoms with Crippen LogP contribution >= 0.6 is 0 Å². The summed E-state index contributed by atoms with van der Waals surface area (Å²) in [7, 11) is 0. The van der Waals surface area contributed by atoms with E-state index in [4.69, 9.17) is 0 Å². The molecule has 1 aliphatic rings. The number of hydrogen-bond acceptors (Lipinski definition) is 0. The maximum Gasteiger partial charge on any atom is -0.0111 e. The van der Waals surface area contributed by atoms with Crippen LogP contribution in [0.5, 0.6) is 0 Å². The molecular formula is C9H14. The molecule has 1 rings (SSSR count). The van der Waals surface area contributed by atoms with Crippen molar-refractivity contribution in [1.82, 2.24) is 0 Å². The van der Waals surface area contributed by atoms with E-state index in [0.29, 0.717) is 5.41 Å². The van der Waals surface area contributed by atoms with Crippen LogP contribution in [-0.2, 0) is 0 Å². The van der Waals surface area contributed by atoms with E-state index in [9.17, 15) is 0 Å². The lowest BCUT2D eigenvalue weighted by Crippen LogP contribution is -2.11. The monoisotopic (exact) mass is 122 g/mol. The summed E-state index contributed by atoms with van der Waals surface area (Å²) in [6.45, 7) is 4.54. The van der Waals surface area contributed by atoms with Gasteiger partial charge in [-0.25, -0.2) is 0 Å². The summed E-state index contributed by atoms with van der Waals surface area (Å²) in [6, 6.07) is 0. The first-order valence-electron chi connectivity index (χ1n) is 3.61. The normalized spacial score (nSPS) is 33.1. The van der Waals surface area contributed by atoms with Gasteiger partial charge in [-0.3, -0.25) is 0 Å². The maximum absolute atomic E-state index is 2.30. The minimum atomic E-state index is 0.453. The van der Waals surface area contributed by atoms with Gasteiger partial charge in [0.1, 0.15) is 0 Å². The van der Waals surface area contributed by atoms with Gasteiger partial charge >= 0.3 is 0 Å². The molecule has 0 heteroatoms. The number of rotatable bonds is 1. The minimum Gasteiger partial charge on any atom is -0.0837 e. The van der Waals surface area contributed by atoms with E-state index in [1.54, 1.807) is 0 Å². The van der Waals surface area contributed by atoms with Crippen LogP contribution in [-0.4, -0.2) is 0 Å². The van der Waals surface area contributed by atoms with E-state index in [2.05, 4.69) is 38.2 Å². The zero-order chi connectivity index (χ0) is 6.74. The van der Waals surface area contributed by atoms with Crippen LogP contribution in [0.25, 0.3) is 0 Å². The second-order valence-corrected chi connectivity index (χ2v) is 3.00. The van der Waals surface area contributed by atoms with Gasteiger partial charge in [-0.1, -0.05) is 38.2 Å². The molecule has 0 fully saturated rings. The fourth-order valence-corrected chi connectivity index (χ4v) is 1.03. The smallest absolute Gasteiger partial charge is 0.0111 e. The fraction of sp³-hybridized carbons (Fsp3) is 0.556. The van der Waals surface area contributed by atoms with E-state index in [1.807, 2.05) is 0 Å². The molecule has 0 amide bonds. The van der Waals surface area contributed by atoms with E-state index >= 15 is 0 Å². The lowest BCUT2D eigenvalue weighted by Gasteiger charge is -2.23. The molecule has 0 saturated heterocycles. The van der Waals surface area contributed by atoms with Crippen molar-refractivity contribution in [2.75, 3.05) is 0 Å². The lowest BCUT2D eigenvalue weighted by atomic mass is 9.82. The fourth-order valence-electron chi connectivity index (χ4n) is 1.03. The van der Waals surface area contributed by atoms with Crippen LogP contribution in [0.1, 0.15) is 26.7 Å². The van der Waals surface area contributed by atoms with Gasteiger partial charge in [0.25, 0.3) is 0 Å². The quantitative estimate of drug-likeness (QED) is 0.501. The van der Waals surface area contributed by atoms with Crippen LogP contribution in [0.4, 0.5) is 0 Å². The third kappa shape index (κ3) is 1.44. The van der Waals surface area contributed by atoms with Crippen molar-refractivity contribution in [3.63, 3.8) is 0 Å². The van der Waals surface area contributed by atoms with Gasteiger partial charge in [-0.2, -0.15) is 0 Å². The molecule has 0 saturated carbocycles. The highest BCUT2D eigenvalue weighted by Gasteiger charge is 2.16. The molecule has 1 aliphatic carbocycles. The molecule has 0 aromatic rings. The van der Waals surface area contributed by atoms with Crippen LogP contribution in [0.3, 0.4) is 0 Å². The molecule has 0 unspecified atom stereocenters. The molecule has 0 aromatic carbocycles. The predicted octanol–water partition coefficient (Wildman–Crippen LogP) is 2.92. The SMILES string of the molecule is CC[C@]1(C)C=CC=CC1. The van der Waals surface area contributed by atoms with Crippen molar-refractivity contribution in [2.24, 2.45) is 5.41 Å². The Morgan fingerprint density at radius 1 is 1.44 bits per heavy atom. The van der Waals surface area contributed by atoms with Crippen molar-refractivity contribution in [3.05, 3.63) is 24.3 Å². The van der Waals surface area contributed by atoms with Crippen molar-refractivity contribution >= 4 is 0 Å². The highest BCUT2D eigenvalue weighted by molar-refractivity contribution is 5.14. The van der Waals surface area contributed by atoms with Crippen LogP contribution in [0, 0.1) is 5.41 Å². The Morgan fingerprint density at radius 3 is 2.56 bits per heavy atom. The zero-order valence-electron chi connectivity index (χ0n) is 6.22. The van der Waals surface area contributed by atoms with Crippen LogP contribution in [0.15, 0.2) is 24.3 Å². The number of hydrogen-bond donors (Lipinski definition) is 0. The topological polar surface area (TPSA) is 0 Å². The van der Waals surface area contributed by atoms with Gasteiger partial charge in [0.2, 0.25) is 0 Å². The summed E-state index contributed by atoms with van der Waals surface area (Å²) in [5.74, 6) is 0. The molecule has 0 N–H and O–H groups in total. The van der Waals surface area contributed by atoms with E-state index in [-0.39, 0.29) is 0 Å². The van der Waals surface area contributed by atoms with Crippen molar-refractivity contribution in [1.29, 1.82) is 0 Å². The molecule has 0 aliphatic heterocycles. The Kier molecular flexibility index (Phi) is 1.75. The van der Waals surface area contributed by atoms with Gasteiger partial charge in [0.05, 0.1) is 0 Å². The second-order valence-electron chi connectivity index (χ2n) is 3.00. The molecule has 0 spiro atoms. The molecule has 0 heterocycles. The Morgan fingerprint density at radius 2 is 2.22 bits per heavy atom. The van der Waals surface area contributed by atoms with Crippen molar-refractivity contribution < 1.29 is 0 Å². The zero-order valence-corrected chi connectivity index (χ0v) is 6.22. The molecule has 50 valence electrons. The summed E-state index contributed by atoms with van der Waals surface area (Å²) >= 11 is 0. The average molecular weight is 122 g/mol. The van der Waals surface area contributed by atoms with Crippen molar-refractivity contribution in [2.45, 2.75) is 26.7 Å². The summed E-state index contributed by atoms with van der Waals surface area (Å²) in [5, 5.41) is 0. The Hall–Kier alpha value is -0.520. The van der Waals surface area contributed by atoms with Gasteiger partial charge in [0, 0.05) is 0 Å². The first-order valence-corrected chi connectivity index (χ1v) is 3.61. The molecule has 0 aromatic heterocycles. The summed E-state index contributed by atoms with van der Waals surface area (Å²) in [5.41, 5.74) is 0.453. The number of allylic oxidation sites excluding steroid dienone is 4. The standard InChI is InChI=1S/C9H14/c1-3-9(2)7-5-4-6-8-9/h4-7H,3,8H2,1-2H3/t9-/m1/s1. The van der Waals surface area contributed by atoms with Gasteiger partial charge in [0.15, 0.2) is 0 Å². The predicted molar refractivity (Wildman–Crippen MR) is 41.3 cm³/mol. The first kappa shape index (κ1) is 6.60. The Labute approximate surface area is 57.3 Å². The molecule has 0 radical (unpaired) electrons. The third-order valence-electron chi connectivity index (χ3n) is 2.14. The summed E-state index contributed by atoms with van der Waals surface area (Å²) in [4.78, 5) is 0. The summed E-state index contributed by atoms with van der Waals surface area (Å²) < 4.78 is 0. The molecule has 0 nitrogen and oxygen atoms in total. The Balaban J connectivity index is 2.63. The maximum atomic E-state index is 2.30. The van der Waals surface area contributed by atoms with E-state index in [1.165, 1.54) is 12.8 Å². The summed E-state index contributed by atoms with van der Waals surface area (Å²) in [6.07, 6.45) is 11.3.